The lowest BCUT2D eigenvalue weighted by molar-refractivity contribution is -0.123. The number of carbonyl (C=O) groups is 3. The lowest BCUT2D eigenvalue weighted by Crippen LogP contribution is -2.48. The van der Waals surface area contributed by atoms with Crippen molar-refractivity contribution in [3.8, 4) is 11.1 Å². The predicted molar refractivity (Wildman–Crippen MR) is 126 cm³/mol. The van der Waals surface area contributed by atoms with Crippen LogP contribution in [0.5, 0.6) is 0 Å². The third kappa shape index (κ3) is 4.51. The Hall–Kier alpha value is -3.72. The molecule has 8 nitrogen and oxygen atoms in total. The summed E-state index contributed by atoms with van der Waals surface area (Å²) in [5.74, 6) is -1.43. The van der Waals surface area contributed by atoms with Crippen molar-refractivity contribution < 1.29 is 24.2 Å². The number of carboxylic acid groups (broad SMARTS) is 1. The lowest BCUT2D eigenvalue weighted by Gasteiger charge is -2.19. The van der Waals surface area contributed by atoms with Crippen LogP contribution in [0.2, 0.25) is 0 Å². The molecule has 5 rings (SSSR count). The maximum absolute atomic E-state index is 12.7. The van der Waals surface area contributed by atoms with E-state index in [9.17, 15) is 14.4 Å². The molecule has 2 aliphatic rings. The van der Waals surface area contributed by atoms with E-state index < -0.39 is 18.1 Å². The molecular weight excluding hydrogens is 454 g/mol. The fraction of sp³-hybridized carbons (Fsp3) is 0.280. The SMILES string of the molecule is O=C(NC(C(=O)NCc1nc(C(=O)O)cs1)C1CC1)OCC1c2ccccc2-c2ccccc21. The summed E-state index contributed by atoms with van der Waals surface area (Å²) in [7, 11) is 0. The van der Waals surface area contributed by atoms with Gasteiger partial charge in [-0.1, -0.05) is 48.5 Å². The van der Waals surface area contributed by atoms with Crippen molar-refractivity contribution in [1.82, 2.24) is 15.6 Å². The minimum Gasteiger partial charge on any atom is -0.476 e. The molecule has 0 radical (unpaired) electrons. The van der Waals surface area contributed by atoms with Gasteiger partial charge in [0.25, 0.3) is 0 Å². The molecule has 0 spiro atoms. The molecule has 34 heavy (non-hydrogen) atoms. The largest absolute Gasteiger partial charge is 0.476 e. The Bertz CT molecular complexity index is 1210. The highest BCUT2D eigenvalue weighted by Gasteiger charge is 2.38. The van der Waals surface area contributed by atoms with Gasteiger partial charge in [-0.2, -0.15) is 0 Å². The standard InChI is InChI=1S/C25H23N3O5S/c29-23(26-11-21-27-20(13-34-21)24(30)31)22(14-9-10-14)28-25(32)33-12-19-17-7-3-1-5-15(17)16-6-2-4-8-18(16)19/h1-8,13-14,19,22H,9-12H2,(H,26,29)(H,28,32)(H,30,31). The van der Waals surface area contributed by atoms with E-state index in [1.807, 2.05) is 24.3 Å². The zero-order chi connectivity index (χ0) is 23.7. The van der Waals surface area contributed by atoms with Gasteiger partial charge in [0.15, 0.2) is 5.69 Å². The number of nitrogens with zero attached hydrogens (tertiary/aromatic N) is 1. The molecule has 3 N–H and O–H groups in total. The first-order chi connectivity index (χ1) is 16.5. The zero-order valence-electron chi connectivity index (χ0n) is 18.2. The number of rotatable bonds is 8. The summed E-state index contributed by atoms with van der Waals surface area (Å²) in [6, 6.07) is 15.5. The van der Waals surface area contributed by atoms with Crippen LogP contribution in [-0.2, 0) is 16.1 Å². The van der Waals surface area contributed by atoms with Gasteiger partial charge in [-0.3, -0.25) is 4.79 Å². The summed E-state index contributed by atoms with van der Waals surface area (Å²) < 4.78 is 5.59. The summed E-state index contributed by atoms with van der Waals surface area (Å²) >= 11 is 1.16. The normalized spacial score (nSPS) is 15.2. The Morgan fingerprint density at radius 1 is 1.06 bits per heavy atom. The monoisotopic (exact) mass is 477 g/mol. The minimum absolute atomic E-state index is 0.0512. The minimum atomic E-state index is -1.11. The molecule has 1 aromatic heterocycles. The summed E-state index contributed by atoms with van der Waals surface area (Å²) in [6.07, 6.45) is 1.07. The Morgan fingerprint density at radius 3 is 2.29 bits per heavy atom. The summed E-state index contributed by atoms with van der Waals surface area (Å²) in [5, 5.41) is 16.4. The van der Waals surface area contributed by atoms with Crippen LogP contribution in [-0.4, -0.2) is 40.7 Å². The Kier molecular flexibility index (Phi) is 6.02. The number of aromatic nitrogens is 1. The van der Waals surface area contributed by atoms with Crippen molar-refractivity contribution >= 4 is 29.3 Å². The summed E-state index contributed by atoms with van der Waals surface area (Å²) in [4.78, 5) is 40.3. The molecule has 0 bridgehead atoms. The van der Waals surface area contributed by atoms with Gasteiger partial charge in [0.1, 0.15) is 17.7 Å². The number of hydrogen-bond acceptors (Lipinski definition) is 6. The van der Waals surface area contributed by atoms with Crippen LogP contribution in [0.15, 0.2) is 53.9 Å². The Morgan fingerprint density at radius 2 is 1.71 bits per heavy atom. The lowest BCUT2D eigenvalue weighted by atomic mass is 9.98. The van der Waals surface area contributed by atoms with E-state index >= 15 is 0 Å². The average molecular weight is 478 g/mol. The molecule has 1 unspecified atom stereocenters. The third-order valence-electron chi connectivity index (χ3n) is 6.18. The first-order valence-corrected chi connectivity index (χ1v) is 12.0. The smallest absolute Gasteiger partial charge is 0.407 e. The van der Waals surface area contributed by atoms with Crippen LogP contribution in [0, 0.1) is 5.92 Å². The van der Waals surface area contributed by atoms with Gasteiger partial charge in [0.05, 0.1) is 6.54 Å². The van der Waals surface area contributed by atoms with Crippen LogP contribution in [0.1, 0.15) is 45.4 Å². The number of fused-ring (bicyclic) bond motifs is 3. The molecule has 1 saturated carbocycles. The van der Waals surface area contributed by atoms with Gasteiger partial charge >= 0.3 is 12.1 Å². The van der Waals surface area contributed by atoms with E-state index in [-0.39, 0.29) is 36.6 Å². The molecular formula is C25H23N3O5S. The van der Waals surface area contributed by atoms with E-state index in [0.717, 1.165) is 46.4 Å². The van der Waals surface area contributed by atoms with Crippen molar-refractivity contribution in [1.29, 1.82) is 0 Å². The number of hydrogen-bond donors (Lipinski definition) is 3. The first kappa shape index (κ1) is 22.1. The van der Waals surface area contributed by atoms with Crippen molar-refractivity contribution in [2.75, 3.05) is 6.61 Å². The van der Waals surface area contributed by atoms with E-state index in [2.05, 4.69) is 39.9 Å². The fourth-order valence-corrected chi connectivity index (χ4v) is 5.06. The summed E-state index contributed by atoms with van der Waals surface area (Å²) in [6.45, 7) is 0.280. The number of amides is 2. The van der Waals surface area contributed by atoms with E-state index in [0.29, 0.717) is 5.01 Å². The Balaban J connectivity index is 1.19. The highest BCUT2D eigenvalue weighted by atomic mass is 32.1. The second-order valence-corrected chi connectivity index (χ2v) is 9.38. The number of thiazole rings is 1. The molecule has 2 aromatic carbocycles. The quantitative estimate of drug-likeness (QED) is 0.455. The number of benzene rings is 2. The molecule has 9 heteroatoms. The van der Waals surface area contributed by atoms with Gasteiger partial charge in [0, 0.05) is 11.3 Å². The fourth-order valence-electron chi connectivity index (χ4n) is 4.36. The number of nitrogens with one attached hydrogen (secondary N) is 2. The van der Waals surface area contributed by atoms with Crippen LogP contribution in [0.25, 0.3) is 11.1 Å². The number of carboxylic acids is 1. The zero-order valence-corrected chi connectivity index (χ0v) is 19.0. The number of ether oxygens (including phenoxy) is 1. The van der Waals surface area contributed by atoms with Gasteiger partial charge in [-0.05, 0) is 41.0 Å². The van der Waals surface area contributed by atoms with Crippen molar-refractivity contribution in [2.45, 2.75) is 31.3 Å². The van der Waals surface area contributed by atoms with Crippen molar-refractivity contribution in [3.63, 3.8) is 0 Å². The number of aromatic carboxylic acids is 1. The van der Waals surface area contributed by atoms with E-state index in [1.54, 1.807) is 0 Å². The second kappa shape index (κ2) is 9.26. The van der Waals surface area contributed by atoms with Gasteiger partial charge < -0.3 is 20.5 Å². The second-order valence-electron chi connectivity index (χ2n) is 8.43. The van der Waals surface area contributed by atoms with Gasteiger partial charge in [0.2, 0.25) is 5.91 Å². The molecule has 0 aliphatic heterocycles. The number of carbonyl (C=O) groups excluding carboxylic acids is 2. The first-order valence-electron chi connectivity index (χ1n) is 11.1. The topological polar surface area (TPSA) is 118 Å². The molecule has 2 aliphatic carbocycles. The maximum atomic E-state index is 12.7. The molecule has 1 atom stereocenters. The van der Waals surface area contributed by atoms with Crippen LogP contribution in [0.4, 0.5) is 4.79 Å². The predicted octanol–water partition coefficient (Wildman–Crippen LogP) is 3.77. The number of alkyl carbamates (subject to hydrolysis) is 1. The van der Waals surface area contributed by atoms with Gasteiger partial charge in [-0.15, -0.1) is 11.3 Å². The molecule has 3 aromatic rings. The Labute approximate surface area is 200 Å². The molecule has 1 heterocycles. The van der Waals surface area contributed by atoms with Crippen molar-refractivity contribution in [3.05, 3.63) is 75.7 Å². The maximum Gasteiger partial charge on any atom is 0.407 e. The van der Waals surface area contributed by atoms with E-state index in [1.165, 1.54) is 5.38 Å². The van der Waals surface area contributed by atoms with Crippen molar-refractivity contribution in [2.24, 2.45) is 5.92 Å². The molecule has 0 saturated heterocycles. The van der Waals surface area contributed by atoms with E-state index in [4.69, 9.17) is 9.84 Å². The van der Waals surface area contributed by atoms with Crippen LogP contribution >= 0.6 is 11.3 Å². The third-order valence-corrected chi connectivity index (χ3v) is 7.03. The van der Waals surface area contributed by atoms with Crippen LogP contribution < -0.4 is 10.6 Å². The molecule has 2 amide bonds. The molecule has 1 fully saturated rings. The molecule has 174 valence electrons. The average Bonchev–Trinajstić information content (AvgIpc) is 3.48. The highest BCUT2D eigenvalue weighted by Crippen LogP contribution is 2.44. The highest BCUT2D eigenvalue weighted by molar-refractivity contribution is 7.09. The summed E-state index contributed by atoms with van der Waals surface area (Å²) in [5.41, 5.74) is 4.49. The van der Waals surface area contributed by atoms with Crippen LogP contribution in [0.3, 0.4) is 0 Å². The van der Waals surface area contributed by atoms with Gasteiger partial charge in [-0.25, -0.2) is 14.6 Å².